The van der Waals surface area contributed by atoms with Gasteiger partial charge in [0.2, 0.25) is 0 Å². The van der Waals surface area contributed by atoms with E-state index in [4.69, 9.17) is 4.74 Å². The summed E-state index contributed by atoms with van der Waals surface area (Å²) >= 11 is 0. The molecule has 0 bridgehead atoms. The molecule has 2 aromatic carbocycles. The molecule has 0 fully saturated rings. The number of hydrogen-bond acceptors (Lipinski definition) is 2. The minimum Gasteiger partial charge on any atom is -0.491 e. The van der Waals surface area contributed by atoms with E-state index < -0.39 is 0 Å². The minimum absolute atomic E-state index is 0.0363. The van der Waals surface area contributed by atoms with Crippen molar-refractivity contribution in [2.75, 3.05) is 11.4 Å². The highest BCUT2D eigenvalue weighted by molar-refractivity contribution is 6.07. The number of anilines is 1. The van der Waals surface area contributed by atoms with Crippen molar-refractivity contribution in [3.05, 3.63) is 59.7 Å². The van der Waals surface area contributed by atoms with Gasteiger partial charge in [-0.2, -0.15) is 0 Å². The van der Waals surface area contributed by atoms with E-state index in [1.807, 2.05) is 61.2 Å². The monoisotopic (exact) mass is 281 g/mol. The van der Waals surface area contributed by atoms with Gasteiger partial charge in [-0.1, -0.05) is 24.3 Å². The first-order valence-corrected chi connectivity index (χ1v) is 7.31. The van der Waals surface area contributed by atoms with Gasteiger partial charge >= 0.3 is 0 Å². The standard InChI is InChI=1S/C18H19NO2/c1-13(2)21-16-8-5-7-15(12-16)18(20)19-11-10-14-6-3-4-9-17(14)19/h3-9,12-13H,10-11H2,1-2H3. The predicted molar refractivity (Wildman–Crippen MR) is 84.0 cm³/mol. The maximum Gasteiger partial charge on any atom is 0.258 e. The summed E-state index contributed by atoms with van der Waals surface area (Å²) in [6.07, 6.45) is 1.02. The molecular weight excluding hydrogens is 262 g/mol. The molecule has 1 aliphatic heterocycles. The maximum absolute atomic E-state index is 12.7. The van der Waals surface area contributed by atoms with Crippen LogP contribution >= 0.6 is 0 Å². The highest BCUT2D eigenvalue weighted by Gasteiger charge is 2.25. The summed E-state index contributed by atoms with van der Waals surface area (Å²) in [5.41, 5.74) is 2.93. The Balaban J connectivity index is 1.86. The number of amides is 1. The fourth-order valence-corrected chi connectivity index (χ4v) is 2.68. The Hall–Kier alpha value is -2.29. The van der Waals surface area contributed by atoms with Crippen molar-refractivity contribution in [3.8, 4) is 5.75 Å². The first kappa shape index (κ1) is 13.7. The lowest BCUT2D eigenvalue weighted by Gasteiger charge is -2.18. The summed E-state index contributed by atoms with van der Waals surface area (Å²) in [6.45, 7) is 4.70. The zero-order valence-electron chi connectivity index (χ0n) is 12.4. The topological polar surface area (TPSA) is 29.5 Å². The van der Waals surface area contributed by atoms with Gasteiger partial charge in [0, 0.05) is 17.8 Å². The molecule has 21 heavy (non-hydrogen) atoms. The normalized spacial score (nSPS) is 13.4. The summed E-state index contributed by atoms with van der Waals surface area (Å²) in [4.78, 5) is 14.6. The number of hydrogen-bond donors (Lipinski definition) is 0. The Labute approximate surface area is 125 Å². The number of para-hydroxylation sites is 1. The minimum atomic E-state index is 0.0363. The largest absolute Gasteiger partial charge is 0.491 e. The number of benzene rings is 2. The van der Waals surface area contributed by atoms with Crippen LogP contribution in [0.25, 0.3) is 0 Å². The van der Waals surface area contributed by atoms with Crippen LogP contribution in [0.2, 0.25) is 0 Å². The summed E-state index contributed by atoms with van der Waals surface area (Å²) in [7, 11) is 0. The van der Waals surface area contributed by atoms with E-state index in [1.54, 1.807) is 0 Å². The molecule has 0 aromatic heterocycles. The smallest absolute Gasteiger partial charge is 0.258 e. The maximum atomic E-state index is 12.7. The number of carbonyl (C=O) groups is 1. The first-order chi connectivity index (χ1) is 10.1. The van der Waals surface area contributed by atoms with E-state index in [1.165, 1.54) is 5.56 Å². The van der Waals surface area contributed by atoms with E-state index in [9.17, 15) is 4.79 Å². The average molecular weight is 281 g/mol. The summed E-state index contributed by atoms with van der Waals surface area (Å²) < 4.78 is 5.67. The van der Waals surface area contributed by atoms with Gasteiger partial charge in [-0.25, -0.2) is 0 Å². The molecule has 3 rings (SSSR count). The van der Waals surface area contributed by atoms with Gasteiger partial charge in [0.25, 0.3) is 5.91 Å². The van der Waals surface area contributed by atoms with Crippen molar-refractivity contribution in [2.45, 2.75) is 26.4 Å². The number of ether oxygens (including phenoxy) is 1. The molecule has 2 aromatic rings. The third-order valence-electron chi connectivity index (χ3n) is 3.59. The SMILES string of the molecule is CC(C)Oc1cccc(C(=O)N2CCc3ccccc32)c1. The van der Waals surface area contributed by atoms with Gasteiger partial charge in [0.05, 0.1) is 6.10 Å². The van der Waals surface area contributed by atoms with Crippen LogP contribution in [-0.2, 0) is 6.42 Å². The number of rotatable bonds is 3. The Morgan fingerprint density at radius 2 is 1.95 bits per heavy atom. The fraction of sp³-hybridized carbons (Fsp3) is 0.278. The Morgan fingerprint density at radius 3 is 2.76 bits per heavy atom. The van der Waals surface area contributed by atoms with Crippen LogP contribution in [0.1, 0.15) is 29.8 Å². The van der Waals surface area contributed by atoms with E-state index in [-0.39, 0.29) is 12.0 Å². The molecule has 0 saturated carbocycles. The Bertz CT molecular complexity index is 664. The molecule has 108 valence electrons. The summed E-state index contributed by atoms with van der Waals surface area (Å²) in [5.74, 6) is 0.775. The lowest BCUT2D eigenvalue weighted by Crippen LogP contribution is -2.28. The predicted octanol–water partition coefficient (Wildman–Crippen LogP) is 3.68. The van der Waals surface area contributed by atoms with Gasteiger partial charge in [-0.05, 0) is 50.1 Å². The molecular formula is C18H19NO2. The van der Waals surface area contributed by atoms with Crippen molar-refractivity contribution in [1.29, 1.82) is 0 Å². The fourth-order valence-electron chi connectivity index (χ4n) is 2.68. The molecule has 3 heteroatoms. The second-order valence-corrected chi connectivity index (χ2v) is 5.53. The molecule has 1 heterocycles. The highest BCUT2D eigenvalue weighted by atomic mass is 16.5. The van der Waals surface area contributed by atoms with Crippen LogP contribution in [0.4, 0.5) is 5.69 Å². The second-order valence-electron chi connectivity index (χ2n) is 5.53. The van der Waals surface area contributed by atoms with Crippen molar-refractivity contribution in [2.24, 2.45) is 0 Å². The molecule has 1 aliphatic rings. The Kier molecular flexibility index (Phi) is 3.65. The second kappa shape index (κ2) is 5.60. The molecule has 0 radical (unpaired) electrons. The van der Waals surface area contributed by atoms with Crippen molar-refractivity contribution in [3.63, 3.8) is 0 Å². The van der Waals surface area contributed by atoms with Gasteiger partial charge in [-0.15, -0.1) is 0 Å². The summed E-state index contributed by atoms with van der Waals surface area (Å²) in [5, 5.41) is 0. The van der Waals surface area contributed by atoms with Crippen molar-refractivity contribution < 1.29 is 9.53 Å². The molecule has 1 amide bonds. The first-order valence-electron chi connectivity index (χ1n) is 7.31. The van der Waals surface area contributed by atoms with Gasteiger partial charge < -0.3 is 9.64 Å². The molecule has 0 unspecified atom stereocenters. The van der Waals surface area contributed by atoms with Gasteiger partial charge in [-0.3, -0.25) is 4.79 Å². The van der Waals surface area contributed by atoms with Gasteiger partial charge in [0.15, 0.2) is 0 Å². The van der Waals surface area contributed by atoms with E-state index in [0.29, 0.717) is 5.56 Å². The Morgan fingerprint density at radius 1 is 1.14 bits per heavy atom. The third kappa shape index (κ3) is 2.77. The van der Waals surface area contributed by atoms with E-state index in [0.717, 1.165) is 24.4 Å². The van der Waals surface area contributed by atoms with Crippen LogP contribution in [0.5, 0.6) is 5.75 Å². The number of nitrogens with zero attached hydrogens (tertiary/aromatic N) is 1. The third-order valence-corrected chi connectivity index (χ3v) is 3.59. The lowest BCUT2D eigenvalue weighted by molar-refractivity contribution is 0.0988. The van der Waals surface area contributed by atoms with Crippen LogP contribution in [0.3, 0.4) is 0 Å². The number of carbonyl (C=O) groups excluding carboxylic acids is 1. The zero-order chi connectivity index (χ0) is 14.8. The quantitative estimate of drug-likeness (QED) is 0.859. The van der Waals surface area contributed by atoms with Crippen LogP contribution in [-0.4, -0.2) is 18.6 Å². The molecule has 0 aliphatic carbocycles. The van der Waals surface area contributed by atoms with Gasteiger partial charge in [0.1, 0.15) is 5.75 Å². The molecule has 3 nitrogen and oxygen atoms in total. The van der Waals surface area contributed by atoms with E-state index in [2.05, 4.69) is 6.07 Å². The van der Waals surface area contributed by atoms with Crippen LogP contribution in [0, 0.1) is 0 Å². The molecule has 0 atom stereocenters. The van der Waals surface area contributed by atoms with E-state index >= 15 is 0 Å². The molecule has 0 N–H and O–H groups in total. The molecule has 0 spiro atoms. The van der Waals surface area contributed by atoms with Crippen molar-refractivity contribution in [1.82, 2.24) is 0 Å². The summed E-state index contributed by atoms with van der Waals surface area (Å²) in [6, 6.07) is 15.5. The number of fused-ring (bicyclic) bond motifs is 1. The zero-order valence-corrected chi connectivity index (χ0v) is 12.4. The highest BCUT2D eigenvalue weighted by Crippen LogP contribution is 2.29. The van der Waals surface area contributed by atoms with Crippen LogP contribution in [0.15, 0.2) is 48.5 Å². The average Bonchev–Trinajstić information content (AvgIpc) is 2.90. The van der Waals surface area contributed by atoms with Crippen molar-refractivity contribution >= 4 is 11.6 Å². The lowest BCUT2D eigenvalue weighted by atomic mass is 10.1. The van der Waals surface area contributed by atoms with Crippen LogP contribution < -0.4 is 9.64 Å². The molecule has 0 saturated heterocycles.